The van der Waals surface area contributed by atoms with Crippen LogP contribution in [0.1, 0.15) is 25.3 Å². The van der Waals surface area contributed by atoms with Crippen molar-refractivity contribution in [1.82, 2.24) is 4.90 Å². The molecular weight excluding hydrogens is 318 g/mol. The van der Waals surface area contributed by atoms with Gasteiger partial charge < -0.3 is 15.0 Å². The number of nitriles is 1. The Balaban J connectivity index is 2.06. The molecule has 0 aliphatic carbocycles. The van der Waals surface area contributed by atoms with Crippen molar-refractivity contribution >= 4 is 17.6 Å². The van der Waals surface area contributed by atoms with Crippen LogP contribution in [0.25, 0.3) is 0 Å². The molecule has 6 heteroatoms. The monoisotopic (exact) mass is 341 g/mol. The van der Waals surface area contributed by atoms with Crippen LogP contribution < -0.4 is 5.32 Å². The van der Waals surface area contributed by atoms with Crippen LogP contribution in [0.15, 0.2) is 36.0 Å². The molecule has 1 saturated heterocycles. The first-order valence-electron chi connectivity index (χ1n) is 8.44. The quantitative estimate of drug-likeness (QED) is 0.506. The Hall–Kier alpha value is -2.81. The molecule has 1 aromatic rings. The Kier molecular flexibility index (Phi) is 6.58. The third-order valence-electron chi connectivity index (χ3n) is 4.14. The van der Waals surface area contributed by atoms with Gasteiger partial charge in [0.2, 0.25) is 0 Å². The maximum atomic E-state index is 12.4. The first-order chi connectivity index (χ1) is 12.0. The zero-order chi connectivity index (χ0) is 18.2. The van der Waals surface area contributed by atoms with Crippen LogP contribution in [0, 0.1) is 24.2 Å². The first-order valence-corrected chi connectivity index (χ1v) is 8.44. The molecule has 0 radical (unpaired) electrons. The number of amides is 1. The van der Waals surface area contributed by atoms with Crippen molar-refractivity contribution in [3.63, 3.8) is 0 Å². The number of ether oxygens (including phenoxy) is 1. The van der Waals surface area contributed by atoms with E-state index in [1.807, 2.05) is 36.1 Å². The van der Waals surface area contributed by atoms with Gasteiger partial charge in [-0.15, -0.1) is 0 Å². The van der Waals surface area contributed by atoms with E-state index in [2.05, 4.69) is 5.32 Å². The number of para-hydroxylation sites is 1. The molecule has 1 aliphatic heterocycles. The molecule has 0 spiro atoms. The van der Waals surface area contributed by atoms with E-state index >= 15 is 0 Å². The number of piperidine rings is 1. The third kappa shape index (κ3) is 5.08. The van der Waals surface area contributed by atoms with Crippen LogP contribution in [0.3, 0.4) is 0 Å². The molecular formula is C19H23N3O3. The number of carbonyl (C=O) groups excluding carboxylic acids is 2. The number of nitrogens with zero attached hydrogens (tertiary/aromatic N) is 2. The summed E-state index contributed by atoms with van der Waals surface area (Å²) in [6.45, 7) is 5.19. The molecule has 1 heterocycles. The molecule has 1 aliphatic rings. The summed E-state index contributed by atoms with van der Waals surface area (Å²) in [4.78, 5) is 26.1. The molecule has 1 unspecified atom stereocenters. The second kappa shape index (κ2) is 8.88. The second-order valence-corrected chi connectivity index (χ2v) is 6.01. The minimum atomic E-state index is -0.449. The second-order valence-electron chi connectivity index (χ2n) is 6.01. The summed E-state index contributed by atoms with van der Waals surface area (Å²) in [6.07, 6.45) is 3.12. The average molecular weight is 341 g/mol. The Bertz CT molecular complexity index is 706. The number of hydrogen-bond acceptors (Lipinski definition) is 5. The van der Waals surface area contributed by atoms with Gasteiger partial charge in [-0.05, 0) is 38.3 Å². The highest BCUT2D eigenvalue weighted by molar-refractivity contribution is 6.06. The van der Waals surface area contributed by atoms with Gasteiger partial charge in [0.15, 0.2) is 0 Å². The number of anilines is 1. The lowest BCUT2D eigenvalue weighted by atomic mass is 9.98. The van der Waals surface area contributed by atoms with Gasteiger partial charge in [-0.2, -0.15) is 5.26 Å². The van der Waals surface area contributed by atoms with Gasteiger partial charge in [-0.1, -0.05) is 18.2 Å². The molecule has 0 bridgehead atoms. The summed E-state index contributed by atoms with van der Waals surface area (Å²) in [7, 11) is 0. The number of likely N-dealkylation sites (tertiary alicyclic amines) is 1. The molecule has 1 amide bonds. The Morgan fingerprint density at radius 3 is 2.88 bits per heavy atom. The fourth-order valence-electron chi connectivity index (χ4n) is 2.80. The summed E-state index contributed by atoms with van der Waals surface area (Å²) in [5.74, 6) is -0.886. The molecule has 1 aromatic carbocycles. The van der Waals surface area contributed by atoms with Crippen LogP contribution in [-0.4, -0.2) is 36.5 Å². The smallest absolute Gasteiger partial charge is 0.310 e. The van der Waals surface area contributed by atoms with Crippen molar-refractivity contribution in [2.75, 3.05) is 25.0 Å². The SMILES string of the molecule is CCOC(=O)C1CCCN(/C=C(/C#N)C(=O)Nc2ccccc2C)C1. The predicted octanol–water partition coefficient (Wildman–Crippen LogP) is 2.62. The number of carbonyl (C=O) groups is 2. The van der Waals surface area contributed by atoms with E-state index < -0.39 is 5.91 Å². The van der Waals surface area contributed by atoms with Gasteiger partial charge in [-0.25, -0.2) is 0 Å². The molecule has 6 nitrogen and oxygen atoms in total. The van der Waals surface area contributed by atoms with E-state index in [1.54, 1.807) is 19.2 Å². The van der Waals surface area contributed by atoms with Gasteiger partial charge in [0.1, 0.15) is 11.6 Å². The molecule has 1 N–H and O–H groups in total. The fraction of sp³-hybridized carbons (Fsp3) is 0.421. The molecule has 1 atom stereocenters. The van der Waals surface area contributed by atoms with Crippen LogP contribution in [0.5, 0.6) is 0 Å². The molecule has 1 fully saturated rings. The van der Waals surface area contributed by atoms with Crippen molar-refractivity contribution in [3.05, 3.63) is 41.6 Å². The lowest BCUT2D eigenvalue weighted by Crippen LogP contribution is -2.37. The van der Waals surface area contributed by atoms with Crippen molar-refractivity contribution < 1.29 is 14.3 Å². The normalized spacial score (nSPS) is 17.6. The highest BCUT2D eigenvalue weighted by Gasteiger charge is 2.26. The molecule has 0 aromatic heterocycles. The molecule has 2 rings (SSSR count). The lowest BCUT2D eigenvalue weighted by Gasteiger charge is -2.30. The average Bonchev–Trinajstić information content (AvgIpc) is 2.62. The van der Waals surface area contributed by atoms with Crippen LogP contribution in [0.4, 0.5) is 5.69 Å². The zero-order valence-electron chi connectivity index (χ0n) is 14.6. The van der Waals surface area contributed by atoms with Crippen LogP contribution in [-0.2, 0) is 14.3 Å². The van der Waals surface area contributed by atoms with E-state index in [1.165, 1.54) is 0 Å². The van der Waals surface area contributed by atoms with Crippen LogP contribution >= 0.6 is 0 Å². The van der Waals surface area contributed by atoms with Crippen molar-refractivity contribution in [2.45, 2.75) is 26.7 Å². The summed E-state index contributed by atoms with van der Waals surface area (Å²) >= 11 is 0. The summed E-state index contributed by atoms with van der Waals surface area (Å²) in [5, 5.41) is 12.1. The van der Waals surface area contributed by atoms with E-state index in [0.29, 0.717) is 25.4 Å². The van der Waals surface area contributed by atoms with Gasteiger partial charge in [0.05, 0.1) is 12.5 Å². The van der Waals surface area contributed by atoms with Crippen molar-refractivity contribution in [2.24, 2.45) is 5.92 Å². The largest absolute Gasteiger partial charge is 0.466 e. The Labute approximate surface area is 148 Å². The maximum Gasteiger partial charge on any atom is 0.310 e. The summed E-state index contributed by atoms with van der Waals surface area (Å²) in [5.41, 5.74) is 1.62. The summed E-state index contributed by atoms with van der Waals surface area (Å²) < 4.78 is 5.07. The molecule has 25 heavy (non-hydrogen) atoms. The minimum absolute atomic E-state index is 0.0211. The Morgan fingerprint density at radius 1 is 1.44 bits per heavy atom. The van der Waals surface area contributed by atoms with Crippen molar-refractivity contribution in [1.29, 1.82) is 5.26 Å². The Morgan fingerprint density at radius 2 is 2.20 bits per heavy atom. The predicted molar refractivity (Wildman–Crippen MR) is 94.4 cm³/mol. The van der Waals surface area contributed by atoms with E-state index in [-0.39, 0.29) is 17.5 Å². The molecule has 132 valence electrons. The highest BCUT2D eigenvalue weighted by Crippen LogP contribution is 2.19. The number of benzene rings is 1. The van der Waals surface area contributed by atoms with Gasteiger partial charge >= 0.3 is 5.97 Å². The van der Waals surface area contributed by atoms with Gasteiger partial charge in [-0.3, -0.25) is 9.59 Å². The maximum absolute atomic E-state index is 12.4. The number of rotatable bonds is 5. The lowest BCUT2D eigenvalue weighted by molar-refractivity contribution is -0.149. The topological polar surface area (TPSA) is 82.4 Å². The van der Waals surface area contributed by atoms with E-state index in [4.69, 9.17) is 4.74 Å². The van der Waals surface area contributed by atoms with E-state index in [9.17, 15) is 14.9 Å². The number of aryl methyl sites for hydroxylation is 1. The molecule has 0 saturated carbocycles. The van der Waals surface area contributed by atoms with Gasteiger partial charge in [0.25, 0.3) is 5.91 Å². The number of esters is 1. The number of nitrogens with one attached hydrogen (secondary N) is 1. The van der Waals surface area contributed by atoms with Crippen molar-refractivity contribution in [3.8, 4) is 6.07 Å². The first kappa shape index (κ1) is 18.5. The standard InChI is InChI=1S/C19H23N3O3/c1-3-25-19(24)15-8-6-10-22(12-15)13-16(11-20)18(23)21-17-9-5-4-7-14(17)2/h4-5,7,9,13,15H,3,6,8,10,12H2,1-2H3,(H,21,23)/b16-13-. The zero-order valence-corrected chi connectivity index (χ0v) is 14.6. The minimum Gasteiger partial charge on any atom is -0.466 e. The number of hydrogen-bond donors (Lipinski definition) is 1. The fourth-order valence-corrected chi connectivity index (χ4v) is 2.80. The van der Waals surface area contributed by atoms with Gasteiger partial charge in [0, 0.05) is 25.0 Å². The summed E-state index contributed by atoms with van der Waals surface area (Å²) in [6, 6.07) is 9.34. The van der Waals surface area contributed by atoms with E-state index in [0.717, 1.165) is 18.4 Å². The highest BCUT2D eigenvalue weighted by atomic mass is 16.5. The van der Waals surface area contributed by atoms with Crippen LogP contribution in [0.2, 0.25) is 0 Å². The third-order valence-corrected chi connectivity index (χ3v) is 4.14.